The van der Waals surface area contributed by atoms with Gasteiger partial charge in [0.05, 0.1) is 6.54 Å². The van der Waals surface area contributed by atoms with Gasteiger partial charge in [-0.05, 0) is 12.8 Å². The smallest absolute Gasteiger partial charge is 0.279 e. The minimum absolute atomic E-state index is 0.197. The zero-order valence-corrected chi connectivity index (χ0v) is 9.10. The lowest BCUT2D eigenvalue weighted by molar-refractivity contribution is -0.120. The second-order valence-corrected chi connectivity index (χ2v) is 5.42. The fourth-order valence-electron chi connectivity index (χ4n) is 0.792. The van der Waals surface area contributed by atoms with E-state index >= 15 is 0 Å². The van der Waals surface area contributed by atoms with Gasteiger partial charge < -0.3 is 5.32 Å². The lowest BCUT2D eigenvalue weighted by Crippen LogP contribution is -2.42. The molecule has 0 aromatic rings. The Morgan fingerprint density at radius 3 is 2.43 bits per heavy atom. The molecule has 1 aliphatic rings. The molecule has 1 fully saturated rings. The summed E-state index contributed by atoms with van der Waals surface area (Å²) in [6, 6.07) is 0.256. The topological polar surface area (TPSA) is 78.5 Å². The quantitative estimate of drug-likeness (QED) is 0.603. The molecule has 0 heterocycles. The van der Waals surface area contributed by atoms with Gasteiger partial charge >= 0.3 is 0 Å². The van der Waals surface area contributed by atoms with E-state index in [2.05, 4.69) is 10.0 Å². The van der Waals surface area contributed by atoms with Gasteiger partial charge in [-0.25, -0.2) is 0 Å². The molecule has 0 radical (unpaired) electrons. The first-order valence-corrected chi connectivity index (χ1v) is 5.82. The predicted octanol–water partition coefficient (Wildman–Crippen LogP) is -1.34. The van der Waals surface area contributed by atoms with Crippen LogP contribution in [0, 0.1) is 0 Å². The number of carbonyl (C=O) groups is 1. The second kappa shape index (κ2) is 4.24. The van der Waals surface area contributed by atoms with Crippen LogP contribution in [0.2, 0.25) is 0 Å². The van der Waals surface area contributed by atoms with Crippen LogP contribution in [0.15, 0.2) is 0 Å². The number of hydrogen-bond donors (Lipinski definition) is 2. The van der Waals surface area contributed by atoms with Gasteiger partial charge in [0.2, 0.25) is 5.91 Å². The van der Waals surface area contributed by atoms with Crippen LogP contribution in [0.3, 0.4) is 0 Å². The fourth-order valence-corrected chi connectivity index (χ4v) is 1.36. The van der Waals surface area contributed by atoms with Gasteiger partial charge in [-0.2, -0.15) is 17.4 Å². The first-order chi connectivity index (χ1) is 6.42. The number of carbonyl (C=O) groups excluding carboxylic acids is 1. The summed E-state index contributed by atoms with van der Waals surface area (Å²) in [7, 11) is -0.678. The van der Waals surface area contributed by atoms with E-state index in [9.17, 15) is 13.2 Å². The number of rotatable bonds is 5. The third-order valence-corrected chi connectivity index (χ3v) is 3.31. The normalized spacial score (nSPS) is 17.1. The number of nitrogens with zero attached hydrogens (tertiary/aromatic N) is 1. The molecule has 6 nitrogen and oxygen atoms in total. The van der Waals surface area contributed by atoms with Crippen molar-refractivity contribution in [2.75, 3.05) is 20.6 Å². The molecule has 14 heavy (non-hydrogen) atoms. The molecule has 0 saturated heterocycles. The molecule has 0 aliphatic heterocycles. The Labute approximate surface area is 83.8 Å². The number of hydrogen-bond acceptors (Lipinski definition) is 3. The van der Waals surface area contributed by atoms with Gasteiger partial charge in [0.1, 0.15) is 0 Å². The third-order valence-electron chi connectivity index (χ3n) is 1.84. The molecule has 0 unspecified atom stereocenters. The molecule has 1 aliphatic carbocycles. The molecule has 1 rings (SSSR count). The van der Waals surface area contributed by atoms with E-state index in [1.165, 1.54) is 14.1 Å². The average molecular weight is 221 g/mol. The highest BCUT2D eigenvalue weighted by Gasteiger charge is 2.23. The summed E-state index contributed by atoms with van der Waals surface area (Å²) in [5.74, 6) is -0.280. The summed E-state index contributed by atoms with van der Waals surface area (Å²) in [5, 5.41) is 2.68. The molecular formula is C7H15N3O3S. The molecular weight excluding hydrogens is 206 g/mol. The van der Waals surface area contributed by atoms with E-state index in [0.717, 1.165) is 17.1 Å². The standard InChI is InChI=1S/C7H15N3O3S/c1-10(2)14(12,13)8-5-7(11)9-6-3-4-6/h6,8H,3-5H2,1-2H3,(H,9,11). The monoisotopic (exact) mass is 221 g/mol. The zero-order valence-electron chi connectivity index (χ0n) is 8.28. The van der Waals surface area contributed by atoms with Crippen molar-refractivity contribution in [2.45, 2.75) is 18.9 Å². The first-order valence-electron chi connectivity index (χ1n) is 4.38. The Kier molecular flexibility index (Phi) is 3.46. The number of nitrogens with one attached hydrogen (secondary N) is 2. The molecule has 2 N–H and O–H groups in total. The molecule has 0 atom stereocenters. The molecule has 0 bridgehead atoms. The van der Waals surface area contributed by atoms with Crippen molar-refractivity contribution in [3.8, 4) is 0 Å². The maximum Gasteiger partial charge on any atom is 0.279 e. The molecule has 0 spiro atoms. The van der Waals surface area contributed by atoms with Gasteiger partial charge in [-0.1, -0.05) is 0 Å². The van der Waals surface area contributed by atoms with Crippen molar-refractivity contribution in [1.82, 2.24) is 14.3 Å². The van der Waals surface area contributed by atoms with Crippen molar-refractivity contribution in [3.05, 3.63) is 0 Å². The highest BCUT2D eigenvalue weighted by Crippen LogP contribution is 2.18. The summed E-state index contributed by atoms with van der Waals surface area (Å²) in [6.07, 6.45) is 1.98. The van der Waals surface area contributed by atoms with Gasteiger partial charge in [0.25, 0.3) is 10.2 Å². The van der Waals surface area contributed by atoms with Crippen LogP contribution in [0.4, 0.5) is 0 Å². The highest BCUT2D eigenvalue weighted by molar-refractivity contribution is 7.87. The van der Waals surface area contributed by atoms with Crippen molar-refractivity contribution >= 4 is 16.1 Å². The molecule has 1 amide bonds. The van der Waals surface area contributed by atoms with Gasteiger partial charge in [-0.15, -0.1) is 0 Å². The molecule has 7 heteroatoms. The van der Waals surface area contributed by atoms with Gasteiger partial charge in [0.15, 0.2) is 0 Å². The largest absolute Gasteiger partial charge is 0.352 e. The van der Waals surface area contributed by atoms with Crippen LogP contribution < -0.4 is 10.0 Å². The van der Waals surface area contributed by atoms with Gasteiger partial charge in [-0.3, -0.25) is 4.79 Å². The van der Waals surface area contributed by atoms with Crippen LogP contribution >= 0.6 is 0 Å². The number of amides is 1. The van der Waals surface area contributed by atoms with E-state index in [-0.39, 0.29) is 18.5 Å². The highest BCUT2D eigenvalue weighted by atomic mass is 32.2. The first kappa shape index (κ1) is 11.4. The Balaban J connectivity index is 2.28. The van der Waals surface area contributed by atoms with Crippen LogP contribution in [-0.2, 0) is 15.0 Å². The van der Waals surface area contributed by atoms with E-state index in [0.29, 0.717) is 0 Å². The van der Waals surface area contributed by atoms with Crippen molar-refractivity contribution in [3.63, 3.8) is 0 Å². The Hall–Kier alpha value is -0.660. The van der Waals surface area contributed by atoms with Crippen LogP contribution in [0.25, 0.3) is 0 Å². The zero-order chi connectivity index (χ0) is 10.8. The van der Waals surface area contributed by atoms with Crippen LogP contribution in [0.5, 0.6) is 0 Å². The minimum atomic E-state index is -3.49. The molecule has 82 valence electrons. The third kappa shape index (κ3) is 3.60. The molecule has 0 aromatic heterocycles. The van der Waals surface area contributed by atoms with Gasteiger partial charge in [0, 0.05) is 20.1 Å². The minimum Gasteiger partial charge on any atom is -0.352 e. The second-order valence-electron chi connectivity index (χ2n) is 3.45. The molecule has 0 aromatic carbocycles. The Morgan fingerprint density at radius 2 is 2.00 bits per heavy atom. The predicted molar refractivity (Wildman–Crippen MR) is 51.8 cm³/mol. The van der Waals surface area contributed by atoms with Crippen LogP contribution in [0.1, 0.15) is 12.8 Å². The van der Waals surface area contributed by atoms with E-state index in [1.54, 1.807) is 0 Å². The van der Waals surface area contributed by atoms with Crippen molar-refractivity contribution < 1.29 is 13.2 Å². The summed E-state index contributed by atoms with van der Waals surface area (Å²) < 4.78 is 25.5. The van der Waals surface area contributed by atoms with Crippen molar-refractivity contribution in [2.24, 2.45) is 0 Å². The maximum atomic E-state index is 11.2. The maximum absolute atomic E-state index is 11.2. The molecule has 1 saturated carbocycles. The Bertz CT molecular complexity index is 308. The van der Waals surface area contributed by atoms with E-state index in [1.807, 2.05) is 0 Å². The fraction of sp³-hybridized carbons (Fsp3) is 0.857. The lowest BCUT2D eigenvalue weighted by atomic mass is 10.5. The average Bonchev–Trinajstić information content (AvgIpc) is 2.85. The lowest BCUT2D eigenvalue weighted by Gasteiger charge is -2.11. The summed E-state index contributed by atoms with van der Waals surface area (Å²) in [5.41, 5.74) is 0. The summed E-state index contributed by atoms with van der Waals surface area (Å²) >= 11 is 0. The SMILES string of the molecule is CN(C)S(=O)(=O)NCC(=O)NC1CC1. The van der Waals surface area contributed by atoms with Crippen LogP contribution in [-0.4, -0.2) is 45.3 Å². The summed E-state index contributed by atoms with van der Waals surface area (Å²) in [6.45, 7) is -0.197. The Morgan fingerprint density at radius 1 is 1.43 bits per heavy atom. The van der Waals surface area contributed by atoms with E-state index < -0.39 is 10.2 Å². The van der Waals surface area contributed by atoms with E-state index in [4.69, 9.17) is 0 Å². The summed E-state index contributed by atoms with van der Waals surface area (Å²) in [4.78, 5) is 11.1. The van der Waals surface area contributed by atoms with Crippen molar-refractivity contribution in [1.29, 1.82) is 0 Å².